The molecule has 7 nitrogen and oxygen atoms in total. The molecule has 0 spiro atoms. The van der Waals surface area contributed by atoms with Crippen LogP contribution in [-0.4, -0.2) is 38.7 Å². The molecule has 200 valence electrons. The number of aryl methyl sites for hydroxylation is 1. The van der Waals surface area contributed by atoms with Crippen LogP contribution in [-0.2, 0) is 24.3 Å². The number of ether oxygens (including phenoxy) is 2. The van der Waals surface area contributed by atoms with E-state index >= 15 is 8.78 Å². The molecule has 0 saturated carbocycles. The van der Waals surface area contributed by atoms with Gasteiger partial charge in [0.15, 0.2) is 11.9 Å². The molecule has 1 atom stereocenters. The standard InChI is InChI=1S/C24H24ClF5N4O3/c1-5-14-10-31-11-17(25)15(14)7-18(26)16-8-19(27)20(9-21(16)37-13(3)24(28,29)30)34-23(35)33(6-2)22(32-34)12-36-4/h7-11,13H,5-6,12H2,1-4H3/b18-7-/t13-/m0/s1. The van der Waals surface area contributed by atoms with E-state index in [1.165, 1.54) is 24.1 Å². The van der Waals surface area contributed by atoms with Gasteiger partial charge in [-0.3, -0.25) is 9.55 Å². The maximum atomic E-state index is 15.5. The van der Waals surface area contributed by atoms with Gasteiger partial charge in [-0.25, -0.2) is 13.6 Å². The fourth-order valence-electron chi connectivity index (χ4n) is 3.53. The molecule has 3 aromatic rings. The minimum absolute atomic E-state index is 0.0753. The lowest BCUT2D eigenvalue weighted by Crippen LogP contribution is -2.31. The molecule has 0 amide bonds. The van der Waals surface area contributed by atoms with Crippen LogP contribution in [0.1, 0.15) is 43.3 Å². The van der Waals surface area contributed by atoms with Crippen molar-refractivity contribution in [3.05, 3.63) is 68.4 Å². The van der Waals surface area contributed by atoms with Gasteiger partial charge >= 0.3 is 11.9 Å². The summed E-state index contributed by atoms with van der Waals surface area (Å²) in [5.74, 6) is -2.71. The Morgan fingerprint density at radius 2 is 1.95 bits per heavy atom. The van der Waals surface area contributed by atoms with Crippen LogP contribution < -0.4 is 10.4 Å². The van der Waals surface area contributed by atoms with Crippen LogP contribution in [0.3, 0.4) is 0 Å². The third-order valence-corrected chi connectivity index (χ3v) is 5.80. The number of alkyl halides is 3. The quantitative estimate of drug-likeness (QED) is 0.320. The van der Waals surface area contributed by atoms with Gasteiger partial charge in [0, 0.05) is 37.7 Å². The van der Waals surface area contributed by atoms with E-state index in [9.17, 15) is 18.0 Å². The molecule has 13 heteroatoms. The highest BCUT2D eigenvalue weighted by molar-refractivity contribution is 6.32. The highest BCUT2D eigenvalue weighted by Gasteiger charge is 2.39. The summed E-state index contributed by atoms with van der Waals surface area (Å²) in [6.07, 6.45) is -3.03. The molecule has 2 aromatic heterocycles. The van der Waals surface area contributed by atoms with Crippen LogP contribution in [0.2, 0.25) is 5.02 Å². The smallest absolute Gasteiger partial charge is 0.425 e. The Labute approximate surface area is 214 Å². The number of aromatic nitrogens is 4. The van der Waals surface area contributed by atoms with E-state index in [1.807, 2.05) is 0 Å². The molecule has 0 N–H and O–H groups in total. The molecule has 2 heterocycles. The molecule has 37 heavy (non-hydrogen) atoms. The molecule has 0 bridgehead atoms. The van der Waals surface area contributed by atoms with Crippen LogP contribution in [0.25, 0.3) is 17.6 Å². The molecule has 0 aliphatic heterocycles. The van der Waals surface area contributed by atoms with Gasteiger partial charge in [-0.2, -0.15) is 17.9 Å². The van der Waals surface area contributed by atoms with Crippen LogP contribution in [0, 0.1) is 5.82 Å². The summed E-state index contributed by atoms with van der Waals surface area (Å²) in [5.41, 5.74) is -1.09. The summed E-state index contributed by atoms with van der Waals surface area (Å²) in [6, 6.07) is 1.45. The zero-order valence-corrected chi connectivity index (χ0v) is 21.1. The van der Waals surface area contributed by atoms with Crippen LogP contribution in [0.5, 0.6) is 5.75 Å². The van der Waals surface area contributed by atoms with Gasteiger partial charge < -0.3 is 9.47 Å². The summed E-state index contributed by atoms with van der Waals surface area (Å²) >= 11 is 6.15. The first-order chi connectivity index (χ1) is 17.4. The van der Waals surface area contributed by atoms with E-state index in [1.54, 1.807) is 13.8 Å². The van der Waals surface area contributed by atoms with E-state index in [-0.39, 0.29) is 29.6 Å². The molecule has 3 rings (SSSR count). The summed E-state index contributed by atoms with van der Waals surface area (Å²) in [5, 5.41) is 4.14. The lowest BCUT2D eigenvalue weighted by molar-refractivity contribution is -0.189. The molecule has 0 aliphatic carbocycles. The maximum Gasteiger partial charge on any atom is 0.425 e. The average molecular weight is 547 g/mol. The van der Waals surface area contributed by atoms with Crippen molar-refractivity contribution in [2.75, 3.05) is 7.11 Å². The van der Waals surface area contributed by atoms with Crippen molar-refractivity contribution in [3.63, 3.8) is 0 Å². The maximum absolute atomic E-state index is 15.5. The Bertz CT molecular complexity index is 1370. The first kappa shape index (κ1) is 28.3. The third-order valence-electron chi connectivity index (χ3n) is 5.50. The first-order valence-corrected chi connectivity index (χ1v) is 11.6. The van der Waals surface area contributed by atoms with Gasteiger partial charge in [-0.05, 0) is 38.0 Å². The normalized spacial score (nSPS) is 13.2. The lowest BCUT2D eigenvalue weighted by Gasteiger charge is -2.20. The minimum atomic E-state index is -4.80. The van der Waals surface area contributed by atoms with Crippen LogP contribution in [0.15, 0.2) is 29.3 Å². The lowest BCUT2D eigenvalue weighted by atomic mass is 10.0. The highest BCUT2D eigenvalue weighted by Crippen LogP contribution is 2.36. The van der Waals surface area contributed by atoms with Gasteiger partial charge in [0.1, 0.15) is 29.7 Å². The topological polar surface area (TPSA) is 71.2 Å². The summed E-state index contributed by atoms with van der Waals surface area (Å²) < 4.78 is 82.6. The number of halogens is 6. The molecular weight excluding hydrogens is 523 g/mol. The summed E-state index contributed by atoms with van der Waals surface area (Å²) in [4.78, 5) is 16.8. The fourth-order valence-corrected chi connectivity index (χ4v) is 3.76. The van der Waals surface area contributed by atoms with Crippen molar-refractivity contribution in [1.29, 1.82) is 0 Å². The van der Waals surface area contributed by atoms with Crippen LogP contribution in [0.4, 0.5) is 22.0 Å². The zero-order chi connectivity index (χ0) is 27.5. The number of benzene rings is 1. The van der Waals surface area contributed by atoms with Gasteiger partial charge in [0.05, 0.1) is 10.6 Å². The monoisotopic (exact) mass is 546 g/mol. The summed E-state index contributed by atoms with van der Waals surface area (Å²) in [6.45, 7) is 4.25. The molecule has 0 saturated heterocycles. The first-order valence-electron chi connectivity index (χ1n) is 11.2. The van der Waals surface area contributed by atoms with Crippen molar-refractivity contribution in [1.82, 2.24) is 19.3 Å². The Hall–Kier alpha value is -3.25. The zero-order valence-electron chi connectivity index (χ0n) is 20.4. The number of hydrogen-bond acceptors (Lipinski definition) is 5. The molecule has 0 unspecified atom stereocenters. The molecule has 0 aliphatic rings. The van der Waals surface area contributed by atoms with E-state index < -0.39 is 46.6 Å². The number of hydrogen-bond donors (Lipinski definition) is 0. The van der Waals surface area contributed by atoms with Gasteiger partial charge in [0.25, 0.3) is 0 Å². The number of nitrogens with zero attached hydrogens (tertiary/aromatic N) is 4. The summed E-state index contributed by atoms with van der Waals surface area (Å²) in [7, 11) is 1.37. The third kappa shape index (κ3) is 6.02. The molecule has 1 aromatic carbocycles. The molecule has 0 fully saturated rings. The SMILES string of the molecule is CCc1cncc(Cl)c1/C=C(\F)c1cc(F)c(-n2nc(COC)n(CC)c2=O)cc1O[C@@H](C)C(F)(F)F. The Morgan fingerprint density at radius 3 is 2.54 bits per heavy atom. The van der Waals surface area contributed by atoms with Gasteiger partial charge in [-0.15, -0.1) is 5.10 Å². The van der Waals surface area contributed by atoms with Crippen LogP contribution >= 0.6 is 11.6 Å². The minimum Gasteiger partial charge on any atom is -0.480 e. The van der Waals surface area contributed by atoms with Crippen molar-refractivity contribution >= 4 is 23.5 Å². The predicted octanol–water partition coefficient (Wildman–Crippen LogP) is 5.75. The fraction of sp³-hybridized carbons (Fsp3) is 0.375. The van der Waals surface area contributed by atoms with Gasteiger partial charge in [-0.1, -0.05) is 18.5 Å². The van der Waals surface area contributed by atoms with Crippen molar-refractivity contribution in [3.8, 4) is 11.4 Å². The predicted molar refractivity (Wildman–Crippen MR) is 128 cm³/mol. The second-order valence-corrected chi connectivity index (χ2v) is 8.34. The molecular formula is C24H24ClF5N4O3. The average Bonchev–Trinajstić information content (AvgIpc) is 3.15. The Morgan fingerprint density at radius 1 is 1.24 bits per heavy atom. The number of pyridine rings is 1. The van der Waals surface area contributed by atoms with E-state index in [2.05, 4.69) is 10.1 Å². The van der Waals surface area contributed by atoms with E-state index in [0.29, 0.717) is 22.7 Å². The highest BCUT2D eigenvalue weighted by atomic mass is 35.5. The Balaban J connectivity index is 2.24. The Kier molecular flexibility index (Phi) is 8.75. The molecule has 0 radical (unpaired) electrons. The largest absolute Gasteiger partial charge is 0.480 e. The second-order valence-electron chi connectivity index (χ2n) is 7.93. The van der Waals surface area contributed by atoms with Crippen molar-refractivity contribution in [2.24, 2.45) is 0 Å². The van der Waals surface area contributed by atoms with Crippen molar-refractivity contribution in [2.45, 2.75) is 52.6 Å². The van der Waals surface area contributed by atoms with Gasteiger partial charge in [0.2, 0.25) is 0 Å². The number of methoxy groups -OCH3 is 1. The number of rotatable bonds is 9. The van der Waals surface area contributed by atoms with E-state index in [4.69, 9.17) is 21.1 Å². The van der Waals surface area contributed by atoms with E-state index in [0.717, 1.165) is 19.1 Å². The van der Waals surface area contributed by atoms with Crippen molar-refractivity contribution < 1.29 is 31.4 Å². The second kappa shape index (κ2) is 11.4.